The van der Waals surface area contributed by atoms with Crippen molar-refractivity contribution in [3.8, 4) is 0 Å². The van der Waals surface area contributed by atoms with E-state index in [9.17, 15) is 4.79 Å². The van der Waals surface area contributed by atoms with E-state index in [2.05, 4.69) is 11.8 Å². The van der Waals surface area contributed by atoms with Crippen LogP contribution in [0.15, 0.2) is 47.1 Å². The number of hydrogen-bond acceptors (Lipinski definition) is 3. The number of aromatic carboxylic acids is 1. The van der Waals surface area contributed by atoms with Crippen molar-refractivity contribution in [2.75, 3.05) is 0 Å². The van der Waals surface area contributed by atoms with E-state index in [1.807, 2.05) is 18.2 Å². The first-order valence-corrected chi connectivity index (χ1v) is 7.26. The summed E-state index contributed by atoms with van der Waals surface area (Å²) in [4.78, 5) is 13.5. The van der Waals surface area contributed by atoms with Gasteiger partial charge in [0.1, 0.15) is 5.76 Å². The molecule has 1 aromatic heterocycles. The van der Waals surface area contributed by atoms with Gasteiger partial charge in [0.25, 0.3) is 0 Å². The number of nitrogens with zero attached hydrogens (tertiary/aromatic N) is 1. The average Bonchev–Trinajstić information content (AvgIpc) is 3.18. The van der Waals surface area contributed by atoms with Crippen molar-refractivity contribution in [3.05, 3.63) is 59.5 Å². The average molecular weight is 285 g/mol. The highest BCUT2D eigenvalue weighted by Crippen LogP contribution is 2.35. The summed E-state index contributed by atoms with van der Waals surface area (Å²) in [5.41, 5.74) is 1.37. The van der Waals surface area contributed by atoms with Crippen LogP contribution in [0.4, 0.5) is 0 Å². The fraction of sp³-hybridized carbons (Fsp3) is 0.353. The Labute approximate surface area is 124 Å². The first kappa shape index (κ1) is 13.9. The number of carboxylic acids is 1. The smallest absolute Gasteiger partial charge is 0.335 e. The molecule has 1 atom stereocenters. The van der Waals surface area contributed by atoms with E-state index in [1.54, 1.807) is 24.5 Å². The maximum atomic E-state index is 11.1. The van der Waals surface area contributed by atoms with Gasteiger partial charge in [0.2, 0.25) is 0 Å². The third kappa shape index (κ3) is 3.16. The number of benzene rings is 1. The summed E-state index contributed by atoms with van der Waals surface area (Å²) in [6.45, 7) is 2.88. The Morgan fingerprint density at radius 2 is 2.19 bits per heavy atom. The molecule has 0 bridgehead atoms. The Hall–Kier alpha value is -2.07. The molecular weight excluding hydrogens is 266 g/mol. The molecule has 1 N–H and O–H groups in total. The van der Waals surface area contributed by atoms with Crippen molar-refractivity contribution in [3.63, 3.8) is 0 Å². The van der Waals surface area contributed by atoms with Gasteiger partial charge in [-0.3, -0.25) is 4.90 Å². The van der Waals surface area contributed by atoms with Crippen molar-refractivity contribution < 1.29 is 14.3 Å². The number of carbonyl (C=O) groups is 1. The highest BCUT2D eigenvalue weighted by atomic mass is 16.4. The van der Waals surface area contributed by atoms with Crippen LogP contribution in [0.25, 0.3) is 0 Å². The van der Waals surface area contributed by atoms with Crippen LogP contribution in [0, 0.1) is 0 Å². The third-order valence-corrected chi connectivity index (χ3v) is 4.01. The Morgan fingerprint density at radius 3 is 2.81 bits per heavy atom. The van der Waals surface area contributed by atoms with Gasteiger partial charge in [0.05, 0.1) is 17.9 Å². The second-order valence-corrected chi connectivity index (χ2v) is 5.60. The summed E-state index contributed by atoms with van der Waals surface area (Å²) in [7, 11) is 0. The maximum Gasteiger partial charge on any atom is 0.335 e. The maximum absolute atomic E-state index is 11.1. The lowest BCUT2D eigenvalue weighted by Crippen LogP contribution is -2.28. The van der Waals surface area contributed by atoms with Crippen LogP contribution in [0.5, 0.6) is 0 Å². The van der Waals surface area contributed by atoms with E-state index < -0.39 is 5.97 Å². The van der Waals surface area contributed by atoms with Gasteiger partial charge in [-0.2, -0.15) is 0 Å². The highest BCUT2D eigenvalue weighted by Gasteiger charge is 2.33. The van der Waals surface area contributed by atoms with Gasteiger partial charge in [-0.05, 0) is 49.6 Å². The molecule has 4 nitrogen and oxygen atoms in total. The van der Waals surface area contributed by atoms with E-state index in [-0.39, 0.29) is 6.04 Å². The molecule has 0 spiro atoms. The summed E-state index contributed by atoms with van der Waals surface area (Å²) in [6.07, 6.45) is 4.09. The van der Waals surface area contributed by atoms with Crippen molar-refractivity contribution in [2.24, 2.45) is 0 Å². The summed E-state index contributed by atoms with van der Waals surface area (Å²) in [6, 6.07) is 11.8. The van der Waals surface area contributed by atoms with Gasteiger partial charge in [0, 0.05) is 12.6 Å². The number of furan rings is 1. The van der Waals surface area contributed by atoms with Crippen molar-refractivity contribution in [1.82, 2.24) is 4.90 Å². The Bertz CT molecular complexity index is 617. The summed E-state index contributed by atoms with van der Waals surface area (Å²) >= 11 is 0. The lowest BCUT2D eigenvalue weighted by Gasteiger charge is -2.28. The van der Waals surface area contributed by atoms with Crippen LogP contribution in [0.2, 0.25) is 0 Å². The van der Waals surface area contributed by atoms with Gasteiger partial charge in [0.15, 0.2) is 0 Å². The predicted octanol–water partition coefficient (Wildman–Crippen LogP) is 3.70. The molecule has 1 aliphatic rings. The fourth-order valence-electron chi connectivity index (χ4n) is 2.69. The summed E-state index contributed by atoms with van der Waals surface area (Å²) in [5, 5.41) is 9.10. The van der Waals surface area contributed by atoms with E-state index in [4.69, 9.17) is 9.52 Å². The molecule has 110 valence electrons. The van der Waals surface area contributed by atoms with Crippen LogP contribution in [-0.4, -0.2) is 22.0 Å². The normalized spacial score (nSPS) is 16.1. The molecule has 0 radical (unpaired) electrons. The molecule has 3 rings (SSSR count). The van der Waals surface area contributed by atoms with Crippen LogP contribution in [0.3, 0.4) is 0 Å². The Balaban J connectivity index is 1.79. The molecule has 1 heterocycles. The van der Waals surface area contributed by atoms with E-state index >= 15 is 0 Å². The predicted molar refractivity (Wildman–Crippen MR) is 79.1 cm³/mol. The molecule has 1 saturated carbocycles. The first-order valence-electron chi connectivity index (χ1n) is 7.26. The topological polar surface area (TPSA) is 53.7 Å². The molecule has 21 heavy (non-hydrogen) atoms. The Morgan fingerprint density at radius 1 is 1.38 bits per heavy atom. The number of carboxylic acid groups (broad SMARTS) is 1. The molecule has 0 amide bonds. The molecule has 2 aromatic rings. The quantitative estimate of drug-likeness (QED) is 0.879. The number of rotatable bonds is 6. The van der Waals surface area contributed by atoms with Gasteiger partial charge < -0.3 is 9.52 Å². The van der Waals surface area contributed by atoms with Gasteiger partial charge in [-0.25, -0.2) is 4.79 Å². The molecule has 1 aliphatic carbocycles. The van der Waals surface area contributed by atoms with Crippen molar-refractivity contribution >= 4 is 5.97 Å². The first-order chi connectivity index (χ1) is 10.1. The largest absolute Gasteiger partial charge is 0.478 e. The lowest BCUT2D eigenvalue weighted by molar-refractivity contribution is 0.0696. The van der Waals surface area contributed by atoms with Gasteiger partial charge in [-0.1, -0.05) is 12.1 Å². The second kappa shape index (κ2) is 5.74. The zero-order chi connectivity index (χ0) is 14.8. The van der Waals surface area contributed by atoms with Gasteiger partial charge in [-0.15, -0.1) is 0 Å². The van der Waals surface area contributed by atoms with E-state index in [1.165, 1.54) is 12.8 Å². The van der Waals surface area contributed by atoms with Crippen LogP contribution >= 0.6 is 0 Å². The van der Waals surface area contributed by atoms with Crippen molar-refractivity contribution in [2.45, 2.75) is 38.4 Å². The molecule has 1 aromatic carbocycles. The zero-order valence-corrected chi connectivity index (χ0v) is 12.0. The minimum Gasteiger partial charge on any atom is -0.478 e. The lowest BCUT2D eigenvalue weighted by atomic mass is 10.1. The molecule has 0 aliphatic heterocycles. The third-order valence-electron chi connectivity index (χ3n) is 4.01. The highest BCUT2D eigenvalue weighted by molar-refractivity contribution is 5.87. The second-order valence-electron chi connectivity index (χ2n) is 5.60. The minimum atomic E-state index is -0.881. The molecule has 1 fully saturated rings. The van der Waals surface area contributed by atoms with Crippen molar-refractivity contribution in [1.29, 1.82) is 0 Å². The summed E-state index contributed by atoms with van der Waals surface area (Å²) < 4.78 is 5.52. The Kier molecular flexibility index (Phi) is 3.80. The van der Waals surface area contributed by atoms with E-state index in [0.717, 1.165) is 17.9 Å². The summed E-state index contributed by atoms with van der Waals surface area (Å²) in [5.74, 6) is 0.0743. The standard InChI is InChI=1S/C17H19NO3/c1-12(16-6-3-9-21-16)18(15-7-8-15)11-13-4-2-5-14(10-13)17(19)20/h2-6,9-10,12,15H,7-8,11H2,1H3,(H,19,20). The van der Waals surface area contributed by atoms with Crippen LogP contribution in [-0.2, 0) is 6.54 Å². The van der Waals surface area contributed by atoms with Gasteiger partial charge >= 0.3 is 5.97 Å². The zero-order valence-electron chi connectivity index (χ0n) is 12.0. The molecule has 4 heteroatoms. The molecule has 0 saturated heterocycles. The molecule has 1 unspecified atom stereocenters. The number of hydrogen-bond donors (Lipinski definition) is 1. The minimum absolute atomic E-state index is 0.195. The van der Waals surface area contributed by atoms with Crippen LogP contribution in [0.1, 0.15) is 47.5 Å². The van der Waals surface area contributed by atoms with Crippen LogP contribution < -0.4 is 0 Å². The van der Waals surface area contributed by atoms with E-state index in [0.29, 0.717) is 11.6 Å². The SMILES string of the molecule is CC(c1ccco1)N(Cc1cccc(C(=O)O)c1)C1CC1. The fourth-order valence-corrected chi connectivity index (χ4v) is 2.69. The molecular formula is C17H19NO3. The monoisotopic (exact) mass is 285 g/mol.